The molecule has 12 heteroatoms. The van der Waals surface area contributed by atoms with Crippen LogP contribution in [0, 0.1) is 6.92 Å². The lowest BCUT2D eigenvalue weighted by atomic mass is 10.1. The second-order valence-corrected chi connectivity index (χ2v) is 13.7. The molecule has 3 aromatic carbocycles. The molecule has 2 heterocycles. The van der Waals surface area contributed by atoms with E-state index in [-0.39, 0.29) is 41.5 Å². The molecule has 9 nitrogen and oxygen atoms in total. The predicted octanol–water partition coefficient (Wildman–Crippen LogP) is 7.95. The molecule has 5 rings (SSSR count). The summed E-state index contributed by atoms with van der Waals surface area (Å²) < 4.78 is 45.9. The standard InChI is InChI=1S/C36H34Cl2N2O7S/c1-5-45-27-12-10-26(11-13-27)40-24(4)34(36(42)46-6-2)31(35(40)41)20-28-14-15-29(47-28)22-39(21-25-9-18-32(37)33(38)19-25)48(43,44)30-16-7-23(3)8-17-30/h7-20H,5-6,21-22H2,1-4H3/b31-20+. The van der Waals surface area contributed by atoms with E-state index in [1.54, 1.807) is 92.7 Å². The first-order chi connectivity index (χ1) is 22.9. The van der Waals surface area contributed by atoms with Gasteiger partial charge in [0.25, 0.3) is 5.91 Å². The van der Waals surface area contributed by atoms with Crippen molar-refractivity contribution >= 4 is 56.9 Å². The van der Waals surface area contributed by atoms with Gasteiger partial charge in [-0.3, -0.25) is 9.69 Å². The van der Waals surface area contributed by atoms with Crippen LogP contribution in [0.2, 0.25) is 10.0 Å². The zero-order valence-corrected chi connectivity index (χ0v) is 29.2. The largest absolute Gasteiger partial charge is 0.494 e. The Morgan fingerprint density at radius 2 is 1.60 bits per heavy atom. The van der Waals surface area contributed by atoms with Crippen LogP contribution in [0.5, 0.6) is 5.75 Å². The number of esters is 1. The summed E-state index contributed by atoms with van der Waals surface area (Å²) in [5.41, 5.74) is 2.68. The molecule has 4 aromatic rings. The van der Waals surface area contributed by atoms with Crippen LogP contribution in [0.4, 0.5) is 5.69 Å². The zero-order chi connectivity index (χ0) is 34.6. The van der Waals surface area contributed by atoms with Crippen LogP contribution in [0.15, 0.2) is 105 Å². The fourth-order valence-electron chi connectivity index (χ4n) is 5.25. The number of sulfonamides is 1. The molecular weight excluding hydrogens is 675 g/mol. The molecule has 0 saturated heterocycles. The van der Waals surface area contributed by atoms with Gasteiger partial charge in [-0.1, -0.05) is 47.0 Å². The van der Waals surface area contributed by atoms with E-state index in [0.717, 1.165) is 5.56 Å². The van der Waals surface area contributed by atoms with Crippen molar-refractivity contribution in [3.63, 3.8) is 0 Å². The summed E-state index contributed by atoms with van der Waals surface area (Å²) in [5.74, 6) is 0.118. The highest BCUT2D eigenvalue weighted by Crippen LogP contribution is 2.36. The summed E-state index contributed by atoms with van der Waals surface area (Å²) in [4.78, 5) is 28.5. The number of hydrogen-bond donors (Lipinski definition) is 0. The van der Waals surface area contributed by atoms with E-state index in [9.17, 15) is 18.0 Å². The summed E-state index contributed by atoms with van der Waals surface area (Å²) >= 11 is 12.3. The van der Waals surface area contributed by atoms with E-state index in [2.05, 4.69) is 0 Å². The maximum Gasteiger partial charge on any atom is 0.340 e. The van der Waals surface area contributed by atoms with Crippen LogP contribution in [0.25, 0.3) is 6.08 Å². The zero-order valence-electron chi connectivity index (χ0n) is 26.8. The maximum absolute atomic E-state index is 13.9. The monoisotopic (exact) mass is 708 g/mol. The molecule has 0 aliphatic carbocycles. The van der Waals surface area contributed by atoms with Gasteiger partial charge < -0.3 is 13.9 Å². The third kappa shape index (κ3) is 7.52. The van der Waals surface area contributed by atoms with E-state index in [1.165, 1.54) is 15.3 Å². The Kier molecular flexibility index (Phi) is 10.8. The molecule has 48 heavy (non-hydrogen) atoms. The van der Waals surface area contributed by atoms with Crippen molar-refractivity contribution in [1.82, 2.24) is 4.31 Å². The van der Waals surface area contributed by atoms with Crippen molar-refractivity contribution in [3.8, 4) is 5.75 Å². The Morgan fingerprint density at radius 1 is 0.896 bits per heavy atom. The van der Waals surface area contributed by atoms with Gasteiger partial charge in [0, 0.05) is 17.9 Å². The fraction of sp³-hybridized carbons (Fsp3) is 0.222. The third-order valence-corrected chi connectivity index (χ3v) is 10.1. The van der Waals surface area contributed by atoms with Crippen molar-refractivity contribution in [2.45, 2.75) is 45.7 Å². The molecule has 0 N–H and O–H groups in total. The first kappa shape index (κ1) is 35.0. The molecule has 0 radical (unpaired) electrons. The molecule has 1 aliphatic rings. The Hall–Kier alpha value is -4.35. The molecular formula is C36H34Cl2N2O7S. The normalized spacial score (nSPS) is 14.4. The maximum atomic E-state index is 13.9. The minimum absolute atomic E-state index is 0.0192. The number of aryl methyl sites for hydroxylation is 1. The average Bonchev–Trinajstić information content (AvgIpc) is 3.60. The highest BCUT2D eigenvalue weighted by atomic mass is 35.5. The second-order valence-electron chi connectivity index (χ2n) is 10.9. The molecule has 1 aliphatic heterocycles. The number of carbonyl (C=O) groups excluding carboxylic acids is 2. The van der Waals surface area contributed by atoms with E-state index in [0.29, 0.717) is 45.1 Å². The van der Waals surface area contributed by atoms with Gasteiger partial charge in [0.15, 0.2) is 0 Å². The molecule has 1 amide bonds. The van der Waals surface area contributed by atoms with Gasteiger partial charge in [-0.2, -0.15) is 4.31 Å². The van der Waals surface area contributed by atoms with Gasteiger partial charge in [-0.05, 0) is 100.0 Å². The van der Waals surface area contributed by atoms with Crippen molar-refractivity contribution in [3.05, 3.63) is 128 Å². The van der Waals surface area contributed by atoms with E-state index in [1.807, 2.05) is 13.8 Å². The quantitative estimate of drug-likeness (QED) is 0.109. The molecule has 0 saturated carbocycles. The first-order valence-corrected chi connectivity index (χ1v) is 17.4. The number of amides is 1. The molecule has 0 atom stereocenters. The number of hydrogen-bond acceptors (Lipinski definition) is 7. The Morgan fingerprint density at radius 3 is 2.25 bits per heavy atom. The summed E-state index contributed by atoms with van der Waals surface area (Å²) in [6.45, 7) is 7.58. The summed E-state index contributed by atoms with van der Waals surface area (Å²) in [7, 11) is -3.99. The van der Waals surface area contributed by atoms with Gasteiger partial charge in [0.2, 0.25) is 10.0 Å². The smallest absolute Gasteiger partial charge is 0.340 e. The number of anilines is 1. The van der Waals surface area contributed by atoms with E-state index < -0.39 is 21.9 Å². The molecule has 0 bridgehead atoms. The van der Waals surface area contributed by atoms with Crippen molar-refractivity contribution < 1.29 is 31.9 Å². The predicted molar refractivity (Wildman–Crippen MR) is 185 cm³/mol. The molecule has 0 spiro atoms. The van der Waals surface area contributed by atoms with Crippen LogP contribution >= 0.6 is 23.2 Å². The van der Waals surface area contributed by atoms with Gasteiger partial charge in [0.05, 0.1) is 45.8 Å². The third-order valence-electron chi connectivity index (χ3n) is 7.59. The SMILES string of the molecule is CCOC(=O)C1=C(C)N(c2ccc(OCC)cc2)C(=O)/C1=C/c1ccc(CN(Cc2ccc(Cl)c(Cl)c2)S(=O)(=O)c2ccc(C)cc2)o1. The number of furan rings is 1. The lowest BCUT2D eigenvalue weighted by Crippen LogP contribution is -2.30. The highest BCUT2D eigenvalue weighted by molar-refractivity contribution is 7.89. The van der Waals surface area contributed by atoms with Crippen LogP contribution in [0.1, 0.15) is 43.4 Å². The average molecular weight is 710 g/mol. The Labute approximate surface area is 290 Å². The Bertz CT molecular complexity index is 2000. The van der Waals surface area contributed by atoms with Gasteiger partial charge in [-0.25, -0.2) is 13.2 Å². The number of halogens is 2. The van der Waals surface area contributed by atoms with Crippen LogP contribution in [0.3, 0.4) is 0 Å². The minimum atomic E-state index is -3.99. The first-order valence-electron chi connectivity index (χ1n) is 15.2. The van der Waals surface area contributed by atoms with Crippen LogP contribution in [-0.4, -0.2) is 37.8 Å². The Balaban J connectivity index is 1.48. The number of allylic oxidation sites excluding steroid dienone is 1. The molecule has 250 valence electrons. The van der Waals surface area contributed by atoms with Crippen molar-refractivity contribution in [2.75, 3.05) is 18.1 Å². The van der Waals surface area contributed by atoms with Gasteiger partial charge in [0.1, 0.15) is 17.3 Å². The highest BCUT2D eigenvalue weighted by Gasteiger charge is 2.38. The van der Waals surface area contributed by atoms with E-state index >= 15 is 0 Å². The minimum Gasteiger partial charge on any atom is -0.494 e. The number of carbonyl (C=O) groups is 2. The van der Waals surface area contributed by atoms with Crippen LogP contribution < -0.4 is 9.64 Å². The number of benzene rings is 3. The van der Waals surface area contributed by atoms with Crippen LogP contribution in [-0.2, 0) is 37.4 Å². The van der Waals surface area contributed by atoms with E-state index in [4.69, 9.17) is 37.1 Å². The molecule has 1 aromatic heterocycles. The summed E-state index contributed by atoms with van der Waals surface area (Å²) in [6, 6.07) is 21.7. The van der Waals surface area contributed by atoms with Gasteiger partial charge >= 0.3 is 5.97 Å². The molecule has 0 fully saturated rings. The topological polar surface area (TPSA) is 106 Å². The number of nitrogens with zero attached hydrogens (tertiary/aromatic N) is 2. The number of rotatable bonds is 12. The molecule has 0 unspecified atom stereocenters. The second kappa shape index (κ2) is 14.8. The van der Waals surface area contributed by atoms with Crippen molar-refractivity contribution in [2.24, 2.45) is 0 Å². The summed E-state index contributed by atoms with van der Waals surface area (Å²) in [6.07, 6.45) is 1.47. The lowest BCUT2D eigenvalue weighted by Gasteiger charge is -2.22. The van der Waals surface area contributed by atoms with Crippen molar-refractivity contribution in [1.29, 1.82) is 0 Å². The fourth-order valence-corrected chi connectivity index (χ4v) is 6.97. The van der Waals surface area contributed by atoms with Gasteiger partial charge in [-0.15, -0.1) is 0 Å². The summed E-state index contributed by atoms with van der Waals surface area (Å²) in [5, 5.41) is 0.654. The number of ether oxygens (including phenoxy) is 2. The lowest BCUT2D eigenvalue weighted by molar-refractivity contribution is -0.138.